The zero-order valence-corrected chi connectivity index (χ0v) is 12.0. The number of amides is 1. The molecule has 0 bridgehead atoms. The van der Waals surface area contributed by atoms with Crippen molar-refractivity contribution in [3.8, 4) is 0 Å². The largest absolute Gasteiger partial charge is 0.444 e. The van der Waals surface area contributed by atoms with E-state index in [1.807, 2.05) is 0 Å². The smallest absolute Gasteiger partial charge is 0.289 e. The van der Waals surface area contributed by atoms with Gasteiger partial charge in [0.2, 0.25) is 0 Å². The quantitative estimate of drug-likeness (QED) is 0.933. The molecule has 1 fully saturated rings. The van der Waals surface area contributed by atoms with Crippen molar-refractivity contribution in [2.75, 3.05) is 13.6 Å². The second-order valence-corrected chi connectivity index (χ2v) is 5.68. The minimum atomic E-state index is -0.280. The lowest BCUT2D eigenvalue weighted by molar-refractivity contribution is 0.0437. The molecule has 0 radical (unpaired) electrons. The van der Waals surface area contributed by atoms with E-state index in [-0.39, 0.29) is 17.9 Å². The van der Waals surface area contributed by atoms with Gasteiger partial charge in [0.15, 0.2) is 10.4 Å². The van der Waals surface area contributed by atoms with Crippen LogP contribution < -0.4 is 0 Å². The van der Waals surface area contributed by atoms with Gasteiger partial charge < -0.3 is 14.4 Å². The first-order valence-corrected chi connectivity index (χ1v) is 7.06. The Morgan fingerprint density at radius 1 is 1.50 bits per heavy atom. The Morgan fingerprint density at radius 2 is 2.22 bits per heavy atom. The van der Waals surface area contributed by atoms with Crippen LogP contribution in [0.2, 0.25) is 0 Å². The van der Waals surface area contributed by atoms with E-state index in [9.17, 15) is 9.90 Å². The summed E-state index contributed by atoms with van der Waals surface area (Å²) in [6.45, 7) is 0.582. The molecule has 0 aliphatic heterocycles. The average Bonchev–Trinajstić information content (AvgIpc) is 2.78. The van der Waals surface area contributed by atoms with Gasteiger partial charge in [-0.25, -0.2) is 0 Å². The predicted octanol–water partition coefficient (Wildman–Crippen LogP) is 2.67. The number of hydrogen-bond donors (Lipinski definition) is 1. The van der Waals surface area contributed by atoms with Gasteiger partial charge in [0.1, 0.15) is 0 Å². The molecular weight excluding hydrogens is 298 g/mol. The summed E-state index contributed by atoms with van der Waals surface area (Å²) in [6, 6.07) is 3.36. The third kappa shape index (κ3) is 3.14. The predicted molar refractivity (Wildman–Crippen MR) is 71.3 cm³/mol. The van der Waals surface area contributed by atoms with Crippen LogP contribution in [0.15, 0.2) is 21.2 Å². The molecule has 1 aliphatic rings. The molecule has 1 N–H and O–H groups in total. The maximum Gasteiger partial charge on any atom is 0.289 e. The van der Waals surface area contributed by atoms with Crippen molar-refractivity contribution >= 4 is 21.8 Å². The molecule has 18 heavy (non-hydrogen) atoms. The van der Waals surface area contributed by atoms with Crippen molar-refractivity contribution in [2.45, 2.75) is 31.8 Å². The molecule has 0 spiro atoms. The van der Waals surface area contributed by atoms with Crippen LogP contribution in [0.25, 0.3) is 0 Å². The van der Waals surface area contributed by atoms with Gasteiger partial charge in [-0.05, 0) is 40.9 Å². The van der Waals surface area contributed by atoms with Gasteiger partial charge >= 0.3 is 0 Å². The number of hydrogen-bond acceptors (Lipinski definition) is 3. The van der Waals surface area contributed by atoms with E-state index in [1.54, 1.807) is 24.1 Å². The number of furan rings is 1. The van der Waals surface area contributed by atoms with Gasteiger partial charge in [-0.15, -0.1) is 0 Å². The second kappa shape index (κ2) is 5.89. The van der Waals surface area contributed by atoms with Crippen LogP contribution in [0.4, 0.5) is 0 Å². The number of aliphatic hydroxyl groups excluding tert-OH is 1. The molecule has 1 aromatic rings. The monoisotopic (exact) mass is 315 g/mol. The third-order valence-corrected chi connectivity index (χ3v) is 3.93. The Kier molecular flexibility index (Phi) is 4.45. The lowest BCUT2D eigenvalue weighted by Crippen LogP contribution is -2.37. The van der Waals surface area contributed by atoms with E-state index in [2.05, 4.69) is 15.9 Å². The number of halogens is 1. The van der Waals surface area contributed by atoms with Crippen LogP contribution in [-0.4, -0.2) is 35.6 Å². The molecule has 5 heteroatoms. The number of carbonyl (C=O) groups is 1. The molecule has 4 nitrogen and oxygen atoms in total. The van der Waals surface area contributed by atoms with Crippen molar-refractivity contribution in [1.29, 1.82) is 0 Å². The van der Waals surface area contributed by atoms with Crippen LogP contribution in [0, 0.1) is 5.92 Å². The van der Waals surface area contributed by atoms with E-state index in [4.69, 9.17) is 4.42 Å². The van der Waals surface area contributed by atoms with Crippen LogP contribution in [-0.2, 0) is 0 Å². The maximum absolute atomic E-state index is 12.1. The zero-order valence-electron chi connectivity index (χ0n) is 10.4. The summed E-state index contributed by atoms with van der Waals surface area (Å²) in [5, 5.41) is 9.91. The van der Waals surface area contributed by atoms with E-state index in [0.29, 0.717) is 17.0 Å². The Balaban J connectivity index is 1.94. The molecule has 0 aromatic carbocycles. The van der Waals surface area contributed by atoms with E-state index in [0.717, 1.165) is 25.7 Å². The lowest BCUT2D eigenvalue weighted by Gasteiger charge is -2.30. The fourth-order valence-corrected chi connectivity index (χ4v) is 2.76. The minimum absolute atomic E-state index is 0.140. The fraction of sp³-hybridized carbons (Fsp3) is 0.615. The summed E-state index contributed by atoms with van der Waals surface area (Å²) in [5.74, 6) is 0.374. The Morgan fingerprint density at radius 3 is 2.83 bits per heavy atom. The van der Waals surface area contributed by atoms with Crippen molar-refractivity contribution in [2.24, 2.45) is 5.92 Å². The van der Waals surface area contributed by atoms with Gasteiger partial charge in [0, 0.05) is 19.5 Å². The van der Waals surface area contributed by atoms with Gasteiger partial charge in [0.25, 0.3) is 5.91 Å². The number of nitrogens with zero attached hydrogens (tertiary/aromatic N) is 1. The van der Waals surface area contributed by atoms with Crippen LogP contribution in [0.5, 0.6) is 0 Å². The summed E-state index contributed by atoms with van der Waals surface area (Å²) in [5.41, 5.74) is 0. The third-order valence-electron chi connectivity index (χ3n) is 3.51. The van der Waals surface area contributed by atoms with Crippen LogP contribution >= 0.6 is 15.9 Å². The summed E-state index contributed by atoms with van der Waals surface area (Å²) in [4.78, 5) is 13.7. The SMILES string of the molecule is CN(CC1CCCCC1O)C(=O)c1ccc(Br)o1. The molecule has 2 unspecified atom stereocenters. The van der Waals surface area contributed by atoms with Gasteiger partial charge in [-0.1, -0.05) is 12.8 Å². The van der Waals surface area contributed by atoms with Crippen LogP contribution in [0.3, 0.4) is 0 Å². The highest BCUT2D eigenvalue weighted by molar-refractivity contribution is 9.10. The highest BCUT2D eigenvalue weighted by Gasteiger charge is 2.26. The molecule has 1 amide bonds. The maximum atomic E-state index is 12.1. The van der Waals surface area contributed by atoms with Crippen molar-refractivity contribution in [1.82, 2.24) is 4.90 Å². The second-order valence-electron chi connectivity index (χ2n) is 4.90. The first-order chi connectivity index (χ1) is 8.58. The summed E-state index contributed by atoms with van der Waals surface area (Å²) < 4.78 is 5.80. The topological polar surface area (TPSA) is 53.7 Å². The number of carbonyl (C=O) groups excluding carboxylic acids is 1. The van der Waals surface area contributed by atoms with Gasteiger partial charge in [-0.2, -0.15) is 0 Å². The first kappa shape index (κ1) is 13.6. The number of aliphatic hydroxyl groups is 1. The lowest BCUT2D eigenvalue weighted by atomic mass is 9.86. The highest BCUT2D eigenvalue weighted by atomic mass is 79.9. The average molecular weight is 316 g/mol. The number of rotatable bonds is 3. The normalized spacial score (nSPS) is 23.9. The Hall–Kier alpha value is -0.810. The molecule has 0 saturated heterocycles. The Labute approximate surface area is 115 Å². The van der Waals surface area contributed by atoms with Crippen molar-refractivity contribution in [3.63, 3.8) is 0 Å². The molecule has 1 saturated carbocycles. The first-order valence-electron chi connectivity index (χ1n) is 6.27. The Bertz CT molecular complexity index is 418. The van der Waals surface area contributed by atoms with E-state index >= 15 is 0 Å². The van der Waals surface area contributed by atoms with Crippen molar-refractivity contribution in [3.05, 3.63) is 22.6 Å². The minimum Gasteiger partial charge on any atom is -0.444 e. The standard InChI is InChI=1S/C13H18BrNO3/c1-15(8-9-4-2-3-5-10(9)16)13(17)11-6-7-12(14)18-11/h6-7,9-10,16H,2-5,8H2,1H3. The highest BCUT2D eigenvalue weighted by Crippen LogP contribution is 2.25. The molecule has 2 atom stereocenters. The van der Waals surface area contributed by atoms with Crippen LogP contribution in [0.1, 0.15) is 36.2 Å². The van der Waals surface area contributed by atoms with Crippen molar-refractivity contribution < 1.29 is 14.3 Å². The fourth-order valence-electron chi connectivity index (χ4n) is 2.45. The summed E-state index contributed by atoms with van der Waals surface area (Å²) in [6.07, 6.45) is 3.77. The van der Waals surface area contributed by atoms with Gasteiger partial charge in [0.05, 0.1) is 6.10 Å². The molecular formula is C13H18BrNO3. The molecule has 1 aliphatic carbocycles. The van der Waals surface area contributed by atoms with E-state index in [1.165, 1.54) is 0 Å². The zero-order chi connectivity index (χ0) is 13.1. The van der Waals surface area contributed by atoms with Gasteiger partial charge in [-0.3, -0.25) is 4.79 Å². The summed E-state index contributed by atoms with van der Waals surface area (Å²) in [7, 11) is 1.75. The molecule has 2 rings (SSSR count). The molecule has 100 valence electrons. The molecule has 1 heterocycles. The summed E-state index contributed by atoms with van der Waals surface area (Å²) >= 11 is 3.18. The van der Waals surface area contributed by atoms with E-state index < -0.39 is 0 Å². The molecule has 1 aromatic heterocycles.